The van der Waals surface area contributed by atoms with E-state index in [0.717, 1.165) is 40.8 Å². The molecular weight excluding hydrogens is 412 g/mol. The Morgan fingerprint density at radius 3 is 2.77 bits per heavy atom. The number of nitrogens with one attached hydrogen (secondary N) is 1. The summed E-state index contributed by atoms with van der Waals surface area (Å²) in [5.41, 5.74) is 4.53. The Kier molecular flexibility index (Phi) is 5.99. The van der Waals surface area contributed by atoms with Crippen LogP contribution in [0.2, 0.25) is 0 Å². The first kappa shape index (κ1) is 20.6. The monoisotopic (exact) mass is 432 g/mol. The number of carbonyl (C=O) groups excluding carboxylic acids is 2. The van der Waals surface area contributed by atoms with Gasteiger partial charge in [-0.05, 0) is 48.0 Å². The zero-order valence-electron chi connectivity index (χ0n) is 17.0. The zero-order valence-corrected chi connectivity index (χ0v) is 17.8. The second-order valence-electron chi connectivity index (χ2n) is 6.99. The molecule has 1 aliphatic rings. The Balaban J connectivity index is 1.46. The lowest BCUT2D eigenvalue weighted by molar-refractivity contribution is -0.135. The zero-order chi connectivity index (χ0) is 21.8. The number of aryl methyl sites for hydroxylation is 1. The number of nitrogens with zero attached hydrogens (tertiary/aromatic N) is 3. The molecule has 2 aromatic carbocycles. The molecule has 31 heavy (non-hydrogen) atoms. The van der Waals surface area contributed by atoms with Crippen LogP contribution in [-0.2, 0) is 20.9 Å². The first-order valence-corrected chi connectivity index (χ1v) is 10.4. The van der Waals surface area contributed by atoms with Gasteiger partial charge in [0.2, 0.25) is 0 Å². The number of amidine groups is 1. The lowest BCUT2D eigenvalue weighted by Crippen LogP contribution is -2.19. The summed E-state index contributed by atoms with van der Waals surface area (Å²) in [5, 5.41) is 12.1. The van der Waals surface area contributed by atoms with E-state index in [9.17, 15) is 9.59 Å². The number of thioether (sulfide) groups is 1. The first-order valence-electron chi connectivity index (χ1n) is 9.56. The second-order valence-corrected chi connectivity index (χ2v) is 8.02. The van der Waals surface area contributed by atoms with Gasteiger partial charge in [-0.2, -0.15) is 5.10 Å². The van der Waals surface area contributed by atoms with Crippen LogP contribution >= 0.6 is 11.8 Å². The highest BCUT2D eigenvalue weighted by Crippen LogP contribution is 2.23. The standard InChI is InChI=1S/C23H20N4O3S/c1-15-3-5-16(6-4-15)14-27-10-9-18-11-17(7-8-19(18)27)13-24-26-23-25-22(29)20(31-23)12-21(28)30-2/h3-13H,14H2,1-2H3,(H,25,26,29)/b20-12+,24-13?. The molecule has 3 aromatic rings. The van der Waals surface area contributed by atoms with Gasteiger partial charge < -0.3 is 9.30 Å². The fraction of sp³-hybridized carbons (Fsp3) is 0.130. The molecule has 1 amide bonds. The van der Waals surface area contributed by atoms with E-state index in [0.29, 0.717) is 5.17 Å². The molecule has 0 unspecified atom stereocenters. The summed E-state index contributed by atoms with van der Waals surface area (Å²) in [7, 11) is 1.25. The van der Waals surface area contributed by atoms with Crippen LogP contribution in [-0.4, -0.2) is 34.9 Å². The molecular formula is C23H20N4O3S. The van der Waals surface area contributed by atoms with Gasteiger partial charge in [-0.25, -0.2) is 4.79 Å². The summed E-state index contributed by atoms with van der Waals surface area (Å²) < 4.78 is 6.74. The maximum Gasteiger partial charge on any atom is 0.331 e. The van der Waals surface area contributed by atoms with E-state index >= 15 is 0 Å². The topological polar surface area (TPSA) is 85.0 Å². The van der Waals surface area contributed by atoms with Gasteiger partial charge in [-0.3, -0.25) is 10.1 Å². The van der Waals surface area contributed by atoms with Gasteiger partial charge in [0.05, 0.1) is 18.2 Å². The summed E-state index contributed by atoms with van der Waals surface area (Å²) in [4.78, 5) is 23.3. The van der Waals surface area contributed by atoms with Gasteiger partial charge in [0, 0.05) is 29.7 Å². The van der Waals surface area contributed by atoms with Crippen molar-refractivity contribution in [2.24, 2.45) is 10.2 Å². The molecule has 0 radical (unpaired) electrons. The fourth-order valence-corrected chi connectivity index (χ4v) is 3.85. The minimum absolute atomic E-state index is 0.220. The number of esters is 1. The van der Waals surface area contributed by atoms with Crippen molar-refractivity contribution in [1.29, 1.82) is 0 Å². The van der Waals surface area contributed by atoms with Gasteiger partial charge in [0.25, 0.3) is 5.91 Å². The molecule has 0 aliphatic carbocycles. The summed E-state index contributed by atoms with van der Waals surface area (Å²) in [6, 6.07) is 16.7. The van der Waals surface area contributed by atoms with E-state index in [1.807, 2.05) is 12.1 Å². The molecule has 2 heterocycles. The molecule has 0 saturated carbocycles. The summed E-state index contributed by atoms with van der Waals surface area (Å²) >= 11 is 1.04. The number of aromatic nitrogens is 1. The number of hydrogen-bond acceptors (Lipinski definition) is 6. The third-order valence-corrected chi connectivity index (χ3v) is 5.63. The summed E-state index contributed by atoms with van der Waals surface area (Å²) in [6.07, 6.45) is 4.82. The number of methoxy groups -OCH3 is 1. The van der Waals surface area contributed by atoms with Crippen molar-refractivity contribution in [2.75, 3.05) is 7.11 Å². The Labute approximate surface area is 183 Å². The Hall–Kier alpha value is -3.65. The highest BCUT2D eigenvalue weighted by Gasteiger charge is 2.24. The average molecular weight is 433 g/mol. The second kappa shape index (κ2) is 9.01. The van der Waals surface area contributed by atoms with E-state index in [-0.39, 0.29) is 4.91 Å². The highest BCUT2D eigenvalue weighted by atomic mass is 32.2. The summed E-state index contributed by atoms with van der Waals surface area (Å²) in [6.45, 7) is 2.89. The van der Waals surface area contributed by atoms with E-state index < -0.39 is 11.9 Å². The predicted octanol–water partition coefficient (Wildman–Crippen LogP) is 3.61. The van der Waals surface area contributed by atoms with Gasteiger partial charge in [-0.1, -0.05) is 35.9 Å². The number of amides is 1. The van der Waals surface area contributed by atoms with Crippen molar-refractivity contribution in [3.05, 3.63) is 82.4 Å². The number of carbonyl (C=O) groups is 2. The molecule has 1 fully saturated rings. The minimum Gasteiger partial charge on any atom is -0.466 e. The lowest BCUT2D eigenvalue weighted by atomic mass is 10.1. The average Bonchev–Trinajstić information content (AvgIpc) is 3.32. The van der Waals surface area contributed by atoms with Gasteiger partial charge in [0.1, 0.15) is 0 Å². The lowest BCUT2D eigenvalue weighted by Gasteiger charge is -2.06. The normalized spacial score (nSPS) is 16.5. The van der Waals surface area contributed by atoms with Crippen LogP contribution in [0.1, 0.15) is 16.7 Å². The Morgan fingerprint density at radius 1 is 1.19 bits per heavy atom. The van der Waals surface area contributed by atoms with Crippen LogP contribution in [0.4, 0.5) is 0 Å². The number of rotatable bonds is 5. The minimum atomic E-state index is -0.593. The van der Waals surface area contributed by atoms with Crippen LogP contribution in [0.3, 0.4) is 0 Å². The molecule has 7 nitrogen and oxygen atoms in total. The number of ether oxygens (including phenoxy) is 1. The number of fused-ring (bicyclic) bond motifs is 1. The molecule has 1 saturated heterocycles. The van der Waals surface area contributed by atoms with Crippen LogP contribution in [0.15, 0.2) is 75.9 Å². The van der Waals surface area contributed by atoms with Crippen LogP contribution < -0.4 is 5.32 Å². The molecule has 1 aliphatic heterocycles. The van der Waals surface area contributed by atoms with Crippen LogP contribution in [0, 0.1) is 6.92 Å². The molecule has 1 aromatic heterocycles. The number of hydrogen-bond donors (Lipinski definition) is 1. The molecule has 0 atom stereocenters. The Morgan fingerprint density at radius 2 is 2.00 bits per heavy atom. The van der Waals surface area contributed by atoms with Crippen molar-refractivity contribution >= 4 is 45.9 Å². The molecule has 4 rings (SSSR count). The van der Waals surface area contributed by atoms with Crippen molar-refractivity contribution in [3.63, 3.8) is 0 Å². The molecule has 0 bridgehead atoms. The van der Waals surface area contributed by atoms with Gasteiger partial charge in [-0.15, -0.1) is 5.10 Å². The number of benzene rings is 2. The smallest absolute Gasteiger partial charge is 0.331 e. The summed E-state index contributed by atoms with van der Waals surface area (Å²) in [5.74, 6) is -0.995. The van der Waals surface area contributed by atoms with E-state index in [4.69, 9.17) is 0 Å². The van der Waals surface area contributed by atoms with Crippen LogP contribution in [0.5, 0.6) is 0 Å². The predicted molar refractivity (Wildman–Crippen MR) is 123 cm³/mol. The third kappa shape index (κ3) is 4.92. The Bertz CT molecular complexity index is 1240. The van der Waals surface area contributed by atoms with Gasteiger partial charge >= 0.3 is 5.97 Å². The van der Waals surface area contributed by atoms with Crippen molar-refractivity contribution < 1.29 is 14.3 Å². The largest absolute Gasteiger partial charge is 0.466 e. The van der Waals surface area contributed by atoms with E-state index in [2.05, 4.69) is 74.3 Å². The molecule has 1 N–H and O–H groups in total. The highest BCUT2D eigenvalue weighted by molar-refractivity contribution is 8.18. The van der Waals surface area contributed by atoms with Crippen LogP contribution in [0.25, 0.3) is 10.9 Å². The molecule has 8 heteroatoms. The molecule has 0 spiro atoms. The SMILES string of the molecule is COC(=O)/C=C1/S/C(=N\N=Cc2ccc3c(ccn3Cc3ccc(C)cc3)c2)NC1=O. The van der Waals surface area contributed by atoms with Crippen molar-refractivity contribution in [2.45, 2.75) is 13.5 Å². The third-order valence-electron chi connectivity index (χ3n) is 4.72. The molecule has 156 valence electrons. The van der Waals surface area contributed by atoms with E-state index in [1.54, 1.807) is 6.21 Å². The first-order chi connectivity index (χ1) is 15.0. The maximum atomic E-state index is 11.8. The van der Waals surface area contributed by atoms with Crippen molar-refractivity contribution in [3.8, 4) is 0 Å². The quantitative estimate of drug-likeness (QED) is 0.289. The van der Waals surface area contributed by atoms with Gasteiger partial charge in [0.15, 0.2) is 5.17 Å². The fourth-order valence-electron chi connectivity index (χ4n) is 3.12. The maximum absolute atomic E-state index is 11.8. The van der Waals surface area contributed by atoms with E-state index in [1.165, 1.54) is 18.2 Å². The van der Waals surface area contributed by atoms with Crippen molar-refractivity contribution in [1.82, 2.24) is 9.88 Å².